The van der Waals surface area contributed by atoms with Crippen LogP contribution in [0.1, 0.15) is 41.4 Å². The van der Waals surface area contributed by atoms with Gasteiger partial charge in [-0.25, -0.2) is 0 Å². The SMILES string of the molecule is CCc1ccccc1C(=O)NC(C)c1ccc(Br)cc1. The topological polar surface area (TPSA) is 29.1 Å². The molecule has 1 amide bonds. The summed E-state index contributed by atoms with van der Waals surface area (Å²) < 4.78 is 1.04. The lowest BCUT2D eigenvalue weighted by atomic mass is 10.0. The summed E-state index contributed by atoms with van der Waals surface area (Å²) in [6.07, 6.45) is 0.857. The lowest BCUT2D eigenvalue weighted by Crippen LogP contribution is -2.27. The van der Waals surface area contributed by atoms with Crippen LogP contribution in [-0.2, 0) is 6.42 Å². The molecule has 3 heteroatoms. The van der Waals surface area contributed by atoms with Gasteiger partial charge < -0.3 is 5.32 Å². The quantitative estimate of drug-likeness (QED) is 0.877. The number of aryl methyl sites for hydroxylation is 1. The number of halogens is 1. The van der Waals surface area contributed by atoms with Crippen molar-refractivity contribution in [3.63, 3.8) is 0 Å². The summed E-state index contributed by atoms with van der Waals surface area (Å²) in [7, 11) is 0. The van der Waals surface area contributed by atoms with E-state index in [-0.39, 0.29) is 11.9 Å². The number of carbonyl (C=O) groups excluding carboxylic acids is 1. The van der Waals surface area contributed by atoms with Gasteiger partial charge in [-0.3, -0.25) is 4.79 Å². The maximum absolute atomic E-state index is 12.4. The number of nitrogens with one attached hydrogen (secondary N) is 1. The molecule has 0 aromatic heterocycles. The highest BCUT2D eigenvalue weighted by atomic mass is 79.9. The smallest absolute Gasteiger partial charge is 0.252 e. The van der Waals surface area contributed by atoms with E-state index in [2.05, 4.69) is 28.2 Å². The third kappa shape index (κ3) is 3.48. The summed E-state index contributed by atoms with van der Waals surface area (Å²) in [5.74, 6) is -0.0159. The molecule has 0 aliphatic rings. The van der Waals surface area contributed by atoms with Crippen molar-refractivity contribution >= 4 is 21.8 Å². The maximum atomic E-state index is 12.4. The zero-order chi connectivity index (χ0) is 14.5. The van der Waals surface area contributed by atoms with Crippen molar-refractivity contribution in [3.8, 4) is 0 Å². The standard InChI is InChI=1S/C17H18BrNO/c1-3-13-6-4-5-7-16(13)17(20)19-12(2)14-8-10-15(18)11-9-14/h4-12H,3H2,1-2H3,(H,19,20). The largest absolute Gasteiger partial charge is 0.346 e. The minimum atomic E-state index is -0.0159. The lowest BCUT2D eigenvalue weighted by molar-refractivity contribution is 0.0939. The molecule has 2 aromatic carbocycles. The molecule has 20 heavy (non-hydrogen) atoms. The predicted molar refractivity (Wildman–Crippen MR) is 85.8 cm³/mol. The Morgan fingerprint density at radius 1 is 1.15 bits per heavy atom. The van der Waals surface area contributed by atoms with E-state index in [1.165, 1.54) is 0 Å². The maximum Gasteiger partial charge on any atom is 0.252 e. The Bertz CT molecular complexity index is 592. The van der Waals surface area contributed by atoms with E-state index < -0.39 is 0 Å². The highest BCUT2D eigenvalue weighted by molar-refractivity contribution is 9.10. The van der Waals surface area contributed by atoms with Crippen LogP contribution < -0.4 is 5.32 Å². The van der Waals surface area contributed by atoms with E-state index in [9.17, 15) is 4.79 Å². The normalized spacial score (nSPS) is 11.9. The summed E-state index contributed by atoms with van der Waals surface area (Å²) in [4.78, 5) is 12.4. The molecule has 1 N–H and O–H groups in total. The third-order valence-electron chi connectivity index (χ3n) is 3.36. The summed E-state index contributed by atoms with van der Waals surface area (Å²) in [6, 6.07) is 15.7. The summed E-state index contributed by atoms with van der Waals surface area (Å²) in [5.41, 5.74) is 2.93. The fourth-order valence-electron chi connectivity index (χ4n) is 2.16. The van der Waals surface area contributed by atoms with Crippen LogP contribution in [0.2, 0.25) is 0 Å². The van der Waals surface area contributed by atoms with Gasteiger partial charge in [-0.05, 0) is 42.7 Å². The number of hydrogen-bond acceptors (Lipinski definition) is 1. The van der Waals surface area contributed by atoms with E-state index in [1.54, 1.807) is 0 Å². The number of hydrogen-bond donors (Lipinski definition) is 1. The first-order chi connectivity index (χ1) is 9.61. The Morgan fingerprint density at radius 2 is 1.80 bits per heavy atom. The van der Waals surface area contributed by atoms with E-state index in [0.717, 1.165) is 27.6 Å². The van der Waals surface area contributed by atoms with Gasteiger partial charge in [0.05, 0.1) is 6.04 Å². The Hall–Kier alpha value is -1.61. The van der Waals surface area contributed by atoms with E-state index in [4.69, 9.17) is 0 Å². The average Bonchev–Trinajstić information content (AvgIpc) is 2.47. The van der Waals surface area contributed by atoms with Crippen molar-refractivity contribution in [2.45, 2.75) is 26.3 Å². The monoisotopic (exact) mass is 331 g/mol. The molecule has 0 spiro atoms. The van der Waals surface area contributed by atoms with Gasteiger partial charge in [0, 0.05) is 10.0 Å². The van der Waals surface area contributed by atoms with E-state index >= 15 is 0 Å². The molecule has 0 fully saturated rings. The van der Waals surface area contributed by atoms with Gasteiger partial charge in [0.2, 0.25) is 0 Å². The molecule has 104 valence electrons. The Balaban J connectivity index is 2.13. The van der Waals surface area contributed by atoms with Gasteiger partial charge >= 0.3 is 0 Å². The first kappa shape index (κ1) is 14.8. The molecule has 0 aliphatic carbocycles. The molecule has 0 saturated heterocycles. The van der Waals surface area contributed by atoms with E-state index in [0.29, 0.717) is 0 Å². The molecular weight excluding hydrogens is 314 g/mol. The number of rotatable bonds is 4. The van der Waals surface area contributed by atoms with Crippen molar-refractivity contribution in [1.29, 1.82) is 0 Å². The van der Waals surface area contributed by atoms with Crippen LogP contribution in [0.25, 0.3) is 0 Å². The summed E-state index contributed by atoms with van der Waals surface area (Å²) >= 11 is 3.41. The van der Waals surface area contributed by atoms with Crippen LogP contribution >= 0.6 is 15.9 Å². The third-order valence-corrected chi connectivity index (χ3v) is 3.89. The molecule has 0 bridgehead atoms. The zero-order valence-electron chi connectivity index (χ0n) is 11.7. The minimum Gasteiger partial charge on any atom is -0.346 e. The molecule has 0 aliphatic heterocycles. The van der Waals surface area contributed by atoms with Gasteiger partial charge in [-0.2, -0.15) is 0 Å². The molecule has 1 unspecified atom stereocenters. The van der Waals surface area contributed by atoms with Gasteiger partial charge in [0.1, 0.15) is 0 Å². The Kier molecular flexibility index (Phi) is 4.96. The second-order valence-electron chi connectivity index (χ2n) is 4.76. The zero-order valence-corrected chi connectivity index (χ0v) is 13.3. The number of carbonyl (C=O) groups is 1. The second kappa shape index (κ2) is 6.71. The van der Waals surface area contributed by atoms with Crippen LogP contribution in [0.3, 0.4) is 0 Å². The van der Waals surface area contributed by atoms with Crippen molar-refractivity contribution in [3.05, 3.63) is 69.7 Å². The van der Waals surface area contributed by atoms with Crippen LogP contribution in [-0.4, -0.2) is 5.91 Å². The lowest BCUT2D eigenvalue weighted by Gasteiger charge is -2.16. The average molecular weight is 332 g/mol. The molecule has 2 nitrogen and oxygen atoms in total. The predicted octanol–water partition coefficient (Wildman–Crippen LogP) is 4.50. The van der Waals surface area contributed by atoms with Crippen molar-refractivity contribution in [1.82, 2.24) is 5.32 Å². The van der Waals surface area contributed by atoms with Crippen LogP contribution in [0.15, 0.2) is 53.0 Å². The van der Waals surface area contributed by atoms with Gasteiger partial charge in [-0.15, -0.1) is 0 Å². The molecular formula is C17H18BrNO. The molecule has 0 heterocycles. The fourth-order valence-corrected chi connectivity index (χ4v) is 2.42. The first-order valence-electron chi connectivity index (χ1n) is 6.76. The van der Waals surface area contributed by atoms with Crippen molar-refractivity contribution < 1.29 is 4.79 Å². The van der Waals surface area contributed by atoms with Crippen LogP contribution in [0, 0.1) is 0 Å². The highest BCUT2D eigenvalue weighted by Crippen LogP contribution is 2.18. The van der Waals surface area contributed by atoms with Crippen molar-refractivity contribution in [2.24, 2.45) is 0 Å². The molecule has 0 radical (unpaired) electrons. The van der Waals surface area contributed by atoms with Gasteiger partial charge in [0.25, 0.3) is 5.91 Å². The van der Waals surface area contributed by atoms with Crippen molar-refractivity contribution in [2.75, 3.05) is 0 Å². The molecule has 2 aromatic rings. The number of amides is 1. The molecule has 1 atom stereocenters. The van der Waals surface area contributed by atoms with Gasteiger partial charge in [0.15, 0.2) is 0 Å². The molecule has 0 saturated carbocycles. The fraction of sp³-hybridized carbons (Fsp3) is 0.235. The van der Waals surface area contributed by atoms with E-state index in [1.807, 2.05) is 55.5 Å². The summed E-state index contributed by atoms with van der Waals surface area (Å²) in [6.45, 7) is 4.06. The second-order valence-corrected chi connectivity index (χ2v) is 5.67. The minimum absolute atomic E-state index is 0.0134. The molecule has 2 rings (SSSR count). The van der Waals surface area contributed by atoms with Crippen LogP contribution in [0.5, 0.6) is 0 Å². The summed E-state index contributed by atoms with van der Waals surface area (Å²) in [5, 5.41) is 3.05. The van der Waals surface area contributed by atoms with Crippen LogP contribution in [0.4, 0.5) is 0 Å². The first-order valence-corrected chi connectivity index (χ1v) is 7.55. The highest BCUT2D eigenvalue weighted by Gasteiger charge is 2.13. The Labute approximate surface area is 128 Å². The number of benzene rings is 2. The Morgan fingerprint density at radius 3 is 2.45 bits per heavy atom. The van der Waals surface area contributed by atoms with Gasteiger partial charge in [-0.1, -0.05) is 53.2 Å².